The molecule has 0 aliphatic carbocycles. The van der Waals surface area contributed by atoms with Gasteiger partial charge in [-0.2, -0.15) is 0 Å². The number of nitrogens with one attached hydrogen (secondary N) is 2. The molecule has 29 heavy (non-hydrogen) atoms. The van der Waals surface area contributed by atoms with Crippen LogP contribution in [0.2, 0.25) is 0 Å². The molecule has 0 fully saturated rings. The van der Waals surface area contributed by atoms with Crippen LogP contribution >= 0.6 is 0 Å². The van der Waals surface area contributed by atoms with E-state index in [2.05, 4.69) is 10.6 Å². The molecule has 0 unspecified atom stereocenters. The number of sulfone groups is 1. The molecule has 2 N–H and O–H groups in total. The molecular weight excluding hydrogens is 388 g/mol. The van der Waals surface area contributed by atoms with E-state index in [9.17, 15) is 18.0 Å². The first-order valence-corrected chi connectivity index (χ1v) is 11.6. The summed E-state index contributed by atoms with van der Waals surface area (Å²) in [5, 5.41) is 5.40. The van der Waals surface area contributed by atoms with Crippen molar-refractivity contribution in [3.05, 3.63) is 65.7 Å². The Labute approximate surface area is 172 Å². The van der Waals surface area contributed by atoms with Gasteiger partial charge in [-0.25, -0.2) is 8.42 Å². The molecule has 156 valence electrons. The van der Waals surface area contributed by atoms with Crippen LogP contribution in [0.4, 0.5) is 5.69 Å². The van der Waals surface area contributed by atoms with Crippen molar-refractivity contribution >= 4 is 27.3 Å². The van der Waals surface area contributed by atoms with Crippen molar-refractivity contribution in [1.82, 2.24) is 5.32 Å². The van der Waals surface area contributed by atoms with Crippen molar-refractivity contribution in [2.24, 2.45) is 0 Å². The van der Waals surface area contributed by atoms with Gasteiger partial charge in [0.25, 0.3) is 5.91 Å². The van der Waals surface area contributed by atoms with Crippen molar-refractivity contribution in [3.8, 4) is 0 Å². The second-order valence-electron chi connectivity index (χ2n) is 6.88. The smallest absolute Gasteiger partial charge is 0.253 e. The molecule has 0 atom stereocenters. The van der Waals surface area contributed by atoms with Gasteiger partial charge in [-0.15, -0.1) is 0 Å². The highest BCUT2D eigenvalue weighted by Crippen LogP contribution is 2.15. The molecule has 0 heterocycles. The molecular formula is C22H28N2O4S. The summed E-state index contributed by atoms with van der Waals surface area (Å²) in [6.45, 7) is 2.44. The molecule has 6 nitrogen and oxygen atoms in total. The van der Waals surface area contributed by atoms with Gasteiger partial charge in [-0.3, -0.25) is 9.59 Å². The van der Waals surface area contributed by atoms with E-state index in [1.807, 2.05) is 37.3 Å². The van der Waals surface area contributed by atoms with Crippen molar-refractivity contribution in [3.63, 3.8) is 0 Å². The molecule has 2 aromatic rings. The van der Waals surface area contributed by atoms with Crippen LogP contribution < -0.4 is 10.6 Å². The summed E-state index contributed by atoms with van der Waals surface area (Å²) < 4.78 is 24.1. The molecule has 0 aromatic heterocycles. The number of anilines is 1. The normalized spacial score (nSPS) is 11.1. The topological polar surface area (TPSA) is 92.3 Å². The standard InChI is InChI=1S/C22H28N2O4S/c1-2-3-9-16-29(27,28)17-21(25)24-20-13-8-7-12-19(20)22(26)23-15-14-18-10-5-4-6-11-18/h4-8,10-13H,2-3,9,14-17H2,1H3,(H,23,26)(H,24,25). The molecule has 0 bridgehead atoms. The van der Waals surface area contributed by atoms with Crippen LogP contribution in [0.1, 0.15) is 42.1 Å². The van der Waals surface area contributed by atoms with E-state index in [-0.39, 0.29) is 11.7 Å². The second kappa shape index (κ2) is 11.4. The predicted molar refractivity (Wildman–Crippen MR) is 116 cm³/mol. The zero-order valence-electron chi connectivity index (χ0n) is 16.7. The number of hydrogen-bond donors (Lipinski definition) is 2. The van der Waals surface area contributed by atoms with Gasteiger partial charge >= 0.3 is 0 Å². The van der Waals surface area contributed by atoms with E-state index in [1.165, 1.54) is 0 Å². The van der Waals surface area contributed by atoms with E-state index in [1.54, 1.807) is 24.3 Å². The molecule has 7 heteroatoms. The fourth-order valence-electron chi connectivity index (χ4n) is 2.88. The highest BCUT2D eigenvalue weighted by Gasteiger charge is 2.18. The van der Waals surface area contributed by atoms with E-state index < -0.39 is 21.5 Å². The molecule has 2 aromatic carbocycles. The lowest BCUT2D eigenvalue weighted by molar-refractivity contribution is -0.113. The first kappa shape index (κ1) is 22.6. The summed E-state index contributed by atoms with van der Waals surface area (Å²) >= 11 is 0. The molecule has 0 radical (unpaired) electrons. The number of unbranched alkanes of at least 4 members (excludes halogenated alkanes) is 2. The minimum atomic E-state index is -3.46. The monoisotopic (exact) mass is 416 g/mol. The van der Waals surface area contributed by atoms with Gasteiger partial charge in [0.15, 0.2) is 9.84 Å². The Morgan fingerprint density at radius 1 is 0.931 bits per heavy atom. The maximum absolute atomic E-state index is 12.5. The number of hydrogen-bond acceptors (Lipinski definition) is 4. The molecule has 0 saturated heterocycles. The minimum absolute atomic E-state index is 0.00409. The number of benzene rings is 2. The molecule has 2 rings (SSSR count). The zero-order valence-corrected chi connectivity index (χ0v) is 17.5. The summed E-state index contributed by atoms with van der Waals surface area (Å²) in [6.07, 6.45) is 2.96. The molecule has 0 saturated carbocycles. The Morgan fingerprint density at radius 3 is 2.34 bits per heavy atom. The third-order valence-corrected chi connectivity index (χ3v) is 6.01. The van der Waals surface area contributed by atoms with Crippen LogP contribution in [0.25, 0.3) is 0 Å². The summed E-state index contributed by atoms with van der Waals surface area (Å²) in [7, 11) is -3.46. The maximum Gasteiger partial charge on any atom is 0.253 e. The second-order valence-corrected chi connectivity index (χ2v) is 9.07. The quantitative estimate of drug-likeness (QED) is 0.550. The van der Waals surface area contributed by atoms with Crippen molar-refractivity contribution in [2.45, 2.75) is 32.6 Å². The first-order valence-electron chi connectivity index (χ1n) is 9.82. The number of carbonyl (C=O) groups excluding carboxylic acids is 2. The summed E-state index contributed by atoms with van der Waals surface area (Å²) in [5.41, 5.74) is 1.72. The van der Waals surface area contributed by atoms with Gasteiger partial charge in [0.1, 0.15) is 5.75 Å². The van der Waals surface area contributed by atoms with Gasteiger partial charge < -0.3 is 10.6 Å². The van der Waals surface area contributed by atoms with E-state index in [0.29, 0.717) is 30.6 Å². The van der Waals surface area contributed by atoms with Crippen LogP contribution in [0.3, 0.4) is 0 Å². The van der Waals surface area contributed by atoms with Crippen molar-refractivity contribution in [2.75, 3.05) is 23.4 Å². The number of carbonyl (C=O) groups is 2. The Hall–Kier alpha value is -2.67. The van der Waals surface area contributed by atoms with Gasteiger partial charge in [0.05, 0.1) is 17.0 Å². The SMILES string of the molecule is CCCCCS(=O)(=O)CC(=O)Nc1ccccc1C(=O)NCCc1ccccc1. The summed E-state index contributed by atoms with van der Waals surface area (Å²) in [4.78, 5) is 24.7. The minimum Gasteiger partial charge on any atom is -0.352 e. The maximum atomic E-state index is 12.5. The number of para-hydroxylation sites is 1. The number of rotatable bonds is 11. The lowest BCUT2D eigenvalue weighted by Gasteiger charge is -2.12. The van der Waals surface area contributed by atoms with E-state index in [0.717, 1.165) is 18.4 Å². The van der Waals surface area contributed by atoms with E-state index >= 15 is 0 Å². The molecule has 0 spiro atoms. The van der Waals surface area contributed by atoms with Crippen molar-refractivity contribution in [1.29, 1.82) is 0 Å². The van der Waals surface area contributed by atoms with Gasteiger partial charge in [-0.05, 0) is 30.5 Å². The van der Waals surface area contributed by atoms with Crippen LogP contribution in [-0.4, -0.2) is 38.3 Å². The third-order valence-electron chi connectivity index (χ3n) is 4.40. The molecule has 2 amide bonds. The average Bonchev–Trinajstić information content (AvgIpc) is 2.68. The van der Waals surface area contributed by atoms with E-state index in [4.69, 9.17) is 0 Å². The Balaban J connectivity index is 1.93. The summed E-state index contributed by atoms with van der Waals surface area (Å²) in [5.74, 6) is -1.54. The van der Waals surface area contributed by atoms with Crippen LogP contribution in [0.15, 0.2) is 54.6 Å². The van der Waals surface area contributed by atoms with Crippen LogP contribution in [-0.2, 0) is 21.1 Å². The highest BCUT2D eigenvalue weighted by molar-refractivity contribution is 7.92. The highest BCUT2D eigenvalue weighted by atomic mass is 32.2. The lowest BCUT2D eigenvalue weighted by atomic mass is 10.1. The predicted octanol–water partition coefficient (Wildman–Crippen LogP) is 3.20. The fraction of sp³-hybridized carbons (Fsp3) is 0.364. The van der Waals surface area contributed by atoms with Crippen molar-refractivity contribution < 1.29 is 18.0 Å². The zero-order chi connectivity index (χ0) is 21.1. The Morgan fingerprint density at radius 2 is 1.62 bits per heavy atom. The molecule has 0 aliphatic heterocycles. The fourth-order valence-corrected chi connectivity index (χ4v) is 4.14. The average molecular weight is 417 g/mol. The third kappa shape index (κ3) is 8.07. The first-order chi connectivity index (χ1) is 13.9. The van der Waals surface area contributed by atoms with Gasteiger partial charge in [0, 0.05) is 6.54 Å². The van der Waals surface area contributed by atoms with Gasteiger partial charge in [0.2, 0.25) is 5.91 Å². The molecule has 0 aliphatic rings. The van der Waals surface area contributed by atoms with Crippen LogP contribution in [0, 0.1) is 0 Å². The van der Waals surface area contributed by atoms with Gasteiger partial charge in [-0.1, -0.05) is 62.2 Å². The Kier molecular flexibility index (Phi) is 8.86. The Bertz CT molecular complexity index is 911. The number of amides is 2. The lowest BCUT2D eigenvalue weighted by Crippen LogP contribution is -2.29. The largest absolute Gasteiger partial charge is 0.352 e. The van der Waals surface area contributed by atoms with Crippen LogP contribution in [0.5, 0.6) is 0 Å². The summed E-state index contributed by atoms with van der Waals surface area (Å²) in [6, 6.07) is 16.4.